The van der Waals surface area contributed by atoms with E-state index in [4.69, 9.17) is 0 Å². The minimum absolute atomic E-state index is 0.0473. The maximum atomic E-state index is 12.3. The first-order valence-corrected chi connectivity index (χ1v) is 9.80. The predicted octanol–water partition coefficient (Wildman–Crippen LogP) is 4.96. The van der Waals surface area contributed by atoms with Crippen molar-refractivity contribution < 1.29 is 18.3 Å². The van der Waals surface area contributed by atoms with Crippen LogP contribution in [0.1, 0.15) is 5.82 Å². The van der Waals surface area contributed by atoms with E-state index in [2.05, 4.69) is 35.8 Å². The number of nitrogens with zero attached hydrogens (tertiary/aromatic N) is 4. The van der Waals surface area contributed by atoms with Gasteiger partial charge in [-0.05, 0) is 49.4 Å². The molecule has 0 bridgehead atoms. The van der Waals surface area contributed by atoms with Crippen LogP contribution >= 0.6 is 0 Å². The normalized spacial score (nSPS) is 10.7. The number of carbonyl (C=O) groups excluding carboxylic acids is 1. The monoisotopic (exact) mass is 451 g/mol. The number of hydrogen-bond donors (Lipinski definition) is 3. The summed E-state index contributed by atoms with van der Waals surface area (Å²) in [5.74, 6) is 1.77. The molecule has 0 fully saturated rings. The van der Waals surface area contributed by atoms with Crippen LogP contribution in [0, 0.1) is 6.92 Å². The summed E-state index contributed by atoms with van der Waals surface area (Å²) in [5.41, 5.74) is 1.60. The zero-order chi connectivity index (χ0) is 23.2. The quantitative estimate of drug-likeness (QED) is 0.367. The van der Waals surface area contributed by atoms with Crippen LogP contribution in [-0.2, 0) is 0 Å². The third-order valence-electron chi connectivity index (χ3n) is 4.30. The molecule has 2 amide bonds. The molecule has 4 aromatic rings. The van der Waals surface area contributed by atoms with Crippen molar-refractivity contribution in [2.24, 2.45) is 0 Å². The molecule has 0 aliphatic rings. The fraction of sp³-hybridized carbons (Fsp3) is 0.0909. The van der Waals surface area contributed by atoms with E-state index in [1.807, 2.05) is 0 Å². The Kier molecular flexibility index (Phi) is 6.39. The van der Waals surface area contributed by atoms with Gasteiger partial charge in [-0.25, -0.2) is 19.4 Å². The second kappa shape index (κ2) is 9.73. The minimum Gasteiger partial charge on any atom is -0.435 e. The van der Waals surface area contributed by atoms with E-state index in [0.717, 1.165) is 5.69 Å². The largest absolute Gasteiger partial charge is 0.435 e. The Hall–Kier alpha value is -4.54. The molecule has 2 heterocycles. The van der Waals surface area contributed by atoms with Gasteiger partial charge in [-0.3, -0.25) is 0 Å². The summed E-state index contributed by atoms with van der Waals surface area (Å²) in [6, 6.07) is 15.8. The van der Waals surface area contributed by atoms with Crippen molar-refractivity contribution in [3.63, 3.8) is 0 Å². The number of rotatable bonds is 7. The highest BCUT2D eigenvalue weighted by Crippen LogP contribution is 2.21. The van der Waals surface area contributed by atoms with Crippen LogP contribution < -0.4 is 20.7 Å². The number of aromatic nitrogens is 4. The van der Waals surface area contributed by atoms with E-state index < -0.39 is 12.6 Å². The Balaban J connectivity index is 1.37. The van der Waals surface area contributed by atoms with Gasteiger partial charge in [-0.1, -0.05) is 6.07 Å². The van der Waals surface area contributed by atoms with Gasteiger partial charge in [0.15, 0.2) is 5.82 Å². The summed E-state index contributed by atoms with van der Waals surface area (Å²) >= 11 is 0. The molecular weight excluding hydrogens is 432 g/mol. The molecule has 0 unspecified atom stereocenters. The summed E-state index contributed by atoms with van der Waals surface area (Å²) in [4.78, 5) is 21.0. The third kappa shape index (κ3) is 6.00. The first-order chi connectivity index (χ1) is 15.9. The SMILES string of the molecule is Cc1nc(Nc2ccc(NC(=O)Nc3cccc(OC(F)F)c3)cc2)cc(-n2cccn2)n1. The lowest BCUT2D eigenvalue weighted by Gasteiger charge is -2.11. The predicted molar refractivity (Wildman–Crippen MR) is 119 cm³/mol. The van der Waals surface area contributed by atoms with E-state index in [9.17, 15) is 13.6 Å². The summed E-state index contributed by atoms with van der Waals surface area (Å²) in [6.45, 7) is -1.15. The molecule has 11 heteroatoms. The van der Waals surface area contributed by atoms with Crippen LogP contribution in [0.2, 0.25) is 0 Å². The van der Waals surface area contributed by atoms with Gasteiger partial charge in [0.05, 0.1) is 0 Å². The smallest absolute Gasteiger partial charge is 0.387 e. The van der Waals surface area contributed by atoms with Crippen molar-refractivity contribution in [2.75, 3.05) is 16.0 Å². The average Bonchev–Trinajstić information content (AvgIpc) is 3.29. The Morgan fingerprint density at radius 1 is 0.970 bits per heavy atom. The molecule has 0 saturated carbocycles. The number of amides is 2. The minimum atomic E-state index is -2.94. The number of hydrogen-bond acceptors (Lipinski definition) is 6. The lowest BCUT2D eigenvalue weighted by molar-refractivity contribution is -0.0498. The number of halogens is 2. The zero-order valence-corrected chi connectivity index (χ0v) is 17.4. The van der Waals surface area contributed by atoms with Gasteiger partial charge in [-0.15, -0.1) is 0 Å². The van der Waals surface area contributed by atoms with Crippen molar-refractivity contribution in [1.29, 1.82) is 0 Å². The van der Waals surface area contributed by atoms with Crippen LogP contribution in [0.4, 0.5) is 36.5 Å². The highest BCUT2D eigenvalue weighted by molar-refractivity contribution is 5.99. The lowest BCUT2D eigenvalue weighted by atomic mass is 10.2. The van der Waals surface area contributed by atoms with Gasteiger partial charge in [0, 0.05) is 41.6 Å². The zero-order valence-electron chi connectivity index (χ0n) is 17.4. The standard InChI is InChI=1S/C22H19F2N7O2/c1-14-26-19(13-20(27-14)31-11-3-10-25-31)28-15-6-8-16(9-7-15)29-22(32)30-17-4-2-5-18(12-17)33-21(23)24/h2-13,21H,1H3,(H,26,27,28)(H2,29,30,32). The van der Waals surface area contributed by atoms with Crippen molar-refractivity contribution in [1.82, 2.24) is 19.7 Å². The highest BCUT2D eigenvalue weighted by Gasteiger charge is 2.08. The molecule has 168 valence electrons. The number of anilines is 4. The van der Waals surface area contributed by atoms with Crippen molar-refractivity contribution in [3.05, 3.63) is 78.9 Å². The molecule has 0 aliphatic carbocycles. The number of urea groups is 1. The molecule has 0 saturated heterocycles. The van der Waals surface area contributed by atoms with Gasteiger partial charge in [-0.2, -0.15) is 13.9 Å². The van der Waals surface area contributed by atoms with Crippen molar-refractivity contribution in [2.45, 2.75) is 13.5 Å². The molecule has 0 atom stereocenters. The van der Waals surface area contributed by atoms with Gasteiger partial charge in [0.25, 0.3) is 0 Å². The number of ether oxygens (including phenoxy) is 1. The first kappa shape index (κ1) is 21.7. The Morgan fingerprint density at radius 2 is 1.73 bits per heavy atom. The topological polar surface area (TPSA) is 106 Å². The van der Waals surface area contributed by atoms with Crippen molar-refractivity contribution >= 4 is 28.9 Å². The molecule has 3 N–H and O–H groups in total. The van der Waals surface area contributed by atoms with Crippen LogP contribution in [0.3, 0.4) is 0 Å². The summed E-state index contributed by atoms with van der Waals surface area (Å²) in [5, 5.41) is 12.6. The maximum Gasteiger partial charge on any atom is 0.387 e. The molecule has 0 aliphatic heterocycles. The van der Waals surface area contributed by atoms with Gasteiger partial charge in [0.2, 0.25) is 0 Å². The van der Waals surface area contributed by atoms with Gasteiger partial charge in [0.1, 0.15) is 17.4 Å². The van der Waals surface area contributed by atoms with Crippen LogP contribution in [-0.4, -0.2) is 32.4 Å². The van der Waals surface area contributed by atoms with E-state index >= 15 is 0 Å². The highest BCUT2D eigenvalue weighted by atomic mass is 19.3. The molecule has 0 spiro atoms. The molecule has 33 heavy (non-hydrogen) atoms. The fourth-order valence-corrected chi connectivity index (χ4v) is 2.97. The molecule has 2 aromatic heterocycles. The van der Waals surface area contributed by atoms with E-state index in [1.165, 1.54) is 18.2 Å². The number of aryl methyl sites for hydroxylation is 1. The summed E-state index contributed by atoms with van der Waals surface area (Å²) in [7, 11) is 0. The number of carbonyl (C=O) groups is 1. The van der Waals surface area contributed by atoms with E-state index in [1.54, 1.807) is 66.5 Å². The second-order valence-corrected chi connectivity index (χ2v) is 6.80. The molecule has 9 nitrogen and oxygen atoms in total. The molecular formula is C22H19F2N7O2. The van der Waals surface area contributed by atoms with E-state index in [0.29, 0.717) is 28.8 Å². The van der Waals surface area contributed by atoms with Crippen LogP contribution in [0.15, 0.2) is 73.1 Å². The third-order valence-corrected chi connectivity index (χ3v) is 4.30. The molecule has 4 rings (SSSR count). The summed E-state index contributed by atoms with van der Waals surface area (Å²) < 4.78 is 30.6. The maximum absolute atomic E-state index is 12.3. The van der Waals surface area contributed by atoms with Gasteiger partial charge < -0.3 is 20.7 Å². The van der Waals surface area contributed by atoms with Crippen molar-refractivity contribution in [3.8, 4) is 11.6 Å². The molecule has 0 radical (unpaired) electrons. The Labute approximate surface area is 187 Å². The molecule has 2 aromatic carbocycles. The van der Waals surface area contributed by atoms with Crippen LogP contribution in [0.5, 0.6) is 5.75 Å². The number of alkyl halides is 2. The van der Waals surface area contributed by atoms with Crippen LogP contribution in [0.25, 0.3) is 5.82 Å². The van der Waals surface area contributed by atoms with E-state index in [-0.39, 0.29) is 5.75 Å². The Bertz CT molecular complexity index is 1230. The number of nitrogens with one attached hydrogen (secondary N) is 3. The number of benzene rings is 2. The lowest BCUT2D eigenvalue weighted by Crippen LogP contribution is -2.19. The fourth-order valence-electron chi connectivity index (χ4n) is 2.97. The van der Waals surface area contributed by atoms with Gasteiger partial charge >= 0.3 is 12.6 Å². The first-order valence-electron chi connectivity index (χ1n) is 9.80. The summed E-state index contributed by atoms with van der Waals surface area (Å²) in [6.07, 6.45) is 3.46. The second-order valence-electron chi connectivity index (χ2n) is 6.80. The average molecular weight is 451 g/mol. The Morgan fingerprint density at radius 3 is 2.45 bits per heavy atom.